The first-order valence-corrected chi connectivity index (χ1v) is 12.9. The van der Waals surface area contributed by atoms with Crippen molar-refractivity contribution in [2.45, 2.75) is 44.9 Å². The van der Waals surface area contributed by atoms with E-state index in [9.17, 15) is 4.79 Å². The quantitative estimate of drug-likeness (QED) is 0.459. The lowest BCUT2D eigenvalue weighted by Gasteiger charge is -2.32. The number of piperidine rings is 1. The number of fused-ring (bicyclic) bond motifs is 1. The Kier molecular flexibility index (Phi) is 7.37. The van der Waals surface area contributed by atoms with E-state index < -0.39 is 0 Å². The standard InChI is InChI=1S/C29H34FN3O3/c1-19-8-9-22-25(32-19)5-3-6-27(22)36-16-12-21(20-10-13-31-14-11-20)23-17-26(28(35-2)18-24(23)30)33-15-4-7-29(33)34/h3,5-6,8-9,17-18,20-21,31H,4,7,10-16H2,1-2H3. The molecule has 1 aromatic heterocycles. The predicted octanol–water partition coefficient (Wildman–Crippen LogP) is 5.37. The van der Waals surface area contributed by atoms with Gasteiger partial charge in [0.15, 0.2) is 0 Å². The Morgan fingerprint density at radius 3 is 2.75 bits per heavy atom. The normalized spacial score (nSPS) is 17.5. The third-order valence-electron chi connectivity index (χ3n) is 7.53. The average molecular weight is 492 g/mol. The molecule has 0 radical (unpaired) electrons. The summed E-state index contributed by atoms with van der Waals surface area (Å²) < 4.78 is 27.3. The molecule has 190 valence electrons. The van der Waals surface area contributed by atoms with Crippen LogP contribution in [-0.2, 0) is 4.79 Å². The van der Waals surface area contributed by atoms with Crippen LogP contribution in [0.3, 0.4) is 0 Å². The summed E-state index contributed by atoms with van der Waals surface area (Å²) >= 11 is 0. The van der Waals surface area contributed by atoms with Gasteiger partial charge in [-0.1, -0.05) is 6.07 Å². The van der Waals surface area contributed by atoms with Gasteiger partial charge in [-0.15, -0.1) is 0 Å². The Balaban J connectivity index is 1.43. The van der Waals surface area contributed by atoms with Crippen LogP contribution in [0.2, 0.25) is 0 Å². The highest BCUT2D eigenvalue weighted by molar-refractivity contribution is 5.97. The number of nitrogens with one attached hydrogen (secondary N) is 1. The minimum atomic E-state index is -0.282. The van der Waals surface area contributed by atoms with Gasteiger partial charge in [-0.05, 0) is 93.4 Å². The maximum absolute atomic E-state index is 15.6. The molecule has 7 heteroatoms. The number of rotatable bonds is 8. The molecule has 6 nitrogen and oxygen atoms in total. The summed E-state index contributed by atoms with van der Waals surface area (Å²) in [6.45, 7) is 4.92. The predicted molar refractivity (Wildman–Crippen MR) is 139 cm³/mol. The fourth-order valence-corrected chi connectivity index (χ4v) is 5.66. The van der Waals surface area contributed by atoms with Gasteiger partial charge >= 0.3 is 0 Å². The van der Waals surface area contributed by atoms with E-state index in [1.165, 1.54) is 13.2 Å². The monoisotopic (exact) mass is 491 g/mol. The Bertz CT molecular complexity index is 1240. The van der Waals surface area contributed by atoms with Crippen molar-refractivity contribution >= 4 is 22.5 Å². The number of pyridine rings is 1. The molecule has 0 bridgehead atoms. The zero-order chi connectivity index (χ0) is 25.1. The van der Waals surface area contributed by atoms with Crippen molar-refractivity contribution in [1.82, 2.24) is 10.3 Å². The molecule has 0 spiro atoms. The molecule has 1 unspecified atom stereocenters. The van der Waals surface area contributed by atoms with E-state index >= 15 is 4.39 Å². The third-order valence-corrected chi connectivity index (χ3v) is 7.53. The first kappa shape index (κ1) is 24.5. The van der Waals surface area contributed by atoms with Crippen molar-refractivity contribution in [3.05, 3.63) is 59.5 Å². The number of carbonyl (C=O) groups excluding carboxylic acids is 1. The van der Waals surface area contributed by atoms with Gasteiger partial charge in [-0.25, -0.2) is 4.39 Å². The fraction of sp³-hybridized carbons (Fsp3) is 0.448. The molecule has 2 fully saturated rings. The SMILES string of the molecule is COc1cc(F)c(C(CCOc2cccc3nc(C)ccc23)C2CCNCC2)cc1N1CCCC1=O. The molecule has 2 aromatic carbocycles. The zero-order valence-corrected chi connectivity index (χ0v) is 21.1. The largest absolute Gasteiger partial charge is 0.494 e. The van der Waals surface area contributed by atoms with E-state index in [4.69, 9.17) is 9.47 Å². The summed E-state index contributed by atoms with van der Waals surface area (Å²) in [5.74, 6) is 1.29. The van der Waals surface area contributed by atoms with Crippen LogP contribution in [0, 0.1) is 18.7 Å². The molecule has 5 rings (SSSR count). The van der Waals surface area contributed by atoms with Crippen molar-refractivity contribution in [3.8, 4) is 11.5 Å². The number of amides is 1. The van der Waals surface area contributed by atoms with Gasteiger partial charge in [0.25, 0.3) is 0 Å². The lowest BCUT2D eigenvalue weighted by Crippen LogP contribution is -2.32. The molecule has 36 heavy (non-hydrogen) atoms. The van der Waals surface area contributed by atoms with Gasteiger partial charge in [0.05, 0.1) is 24.9 Å². The highest BCUT2D eigenvalue weighted by Crippen LogP contribution is 2.41. The molecule has 0 saturated carbocycles. The summed E-state index contributed by atoms with van der Waals surface area (Å²) in [6.07, 6.45) is 3.95. The van der Waals surface area contributed by atoms with Gasteiger partial charge < -0.3 is 19.7 Å². The molecule has 0 aliphatic carbocycles. The minimum Gasteiger partial charge on any atom is -0.494 e. The summed E-state index contributed by atoms with van der Waals surface area (Å²) in [7, 11) is 1.52. The summed E-state index contributed by atoms with van der Waals surface area (Å²) in [5, 5.41) is 4.40. The second kappa shape index (κ2) is 10.8. The van der Waals surface area contributed by atoms with E-state index in [2.05, 4.69) is 10.3 Å². The number of benzene rings is 2. The van der Waals surface area contributed by atoms with E-state index in [-0.39, 0.29) is 17.6 Å². The summed E-state index contributed by atoms with van der Waals surface area (Å²) in [4.78, 5) is 18.9. The highest BCUT2D eigenvalue weighted by atomic mass is 19.1. The molecule has 3 aromatic rings. The second-order valence-electron chi connectivity index (χ2n) is 9.80. The van der Waals surface area contributed by atoms with Crippen molar-refractivity contribution in [1.29, 1.82) is 0 Å². The van der Waals surface area contributed by atoms with Gasteiger partial charge in [-0.3, -0.25) is 9.78 Å². The Hall–Kier alpha value is -3.19. The van der Waals surface area contributed by atoms with Crippen molar-refractivity contribution in [2.24, 2.45) is 5.92 Å². The number of hydrogen-bond acceptors (Lipinski definition) is 5. The van der Waals surface area contributed by atoms with Gasteiger partial charge in [0.2, 0.25) is 5.91 Å². The molecule has 3 heterocycles. The number of halogens is 1. The number of hydrogen-bond donors (Lipinski definition) is 1. The number of ether oxygens (including phenoxy) is 2. The Morgan fingerprint density at radius 1 is 1.17 bits per heavy atom. The topological polar surface area (TPSA) is 63.7 Å². The molecule has 1 N–H and O–H groups in total. The lowest BCUT2D eigenvalue weighted by molar-refractivity contribution is -0.117. The van der Waals surface area contributed by atoms with Gasteiger partial charge in [0.1, 0.15) is 17.3 Å². The van der Waals surface area contributed by atoms with Crippen LogP contribution in [0.4, 0.5) is 10.1 Å². The molecule has 1 amide bonds. The summed E-state index contributed by atoms with van der Waals surface area (Å²) in [5.41, 5.74) is 3.19. The average Bonchev–Trinajstić information content (AvgIpc) is 3.32. The van der Waals surface area contributed by atoms with Crippen molar-refractivity contribution < 1.29 is 18.7 Å². The minimum absolute atomic E-state index is 0.0233. The number of carbonyl (C=O) groups is 1. The van der Waals surface area contributed by atoms with E-state index in [0.29, 0.717) is 48.9 Å². The summed E-state index contributed by atoms with van der Waals surface area (Å²) in [6, 6.07) is 13.2. The number of aryl methyl sites for hydroxylation is 1. The molecule has 2 saturated heterocycles. The maximum atomic E-state index is 15.6. The molecule has 1 atom stereocenters. The Morgan fingerprint density at radius 2 is 2.00 bits per heavy atom. The van der Waals surface area contributed by atoms with Gasteiger partial charge in [0, 0.05) is 30.1 Å². The van der Waals surface area contributed by atoms with Crippen LogP contribution in [0.5, 0.6) is 11.5 Å². The first-order valence-electron chi connectivity index (χ1n) is 12.9. The molecular formula is C29H34FN3O3. The molecular weight excluding hydrogens is 457 g/mol. The molecule has 2 aliphatic rings. The number of nitrogens with zero attached hydrogens (tertiary/aromatic N) is 2. The van der Waals surface area contributed by atoms with Crippen LogP contribution in [0.25, 0.3) is 10.9 Å². The number of aromatic nitrogens is 1. The smallest absolute Gasteiger partial charge is 0.227 e. The van der Waals surface area contributed by atoms with Crippen molar-refractivity contribution in [3.63, 3.8) is 0 Å². The third kappa shape index (κ3) is 5.03. The van der Waals surface area contributed by atoms with Gasteiger partial charge in [-0.2, -0.15) is 0 Å². The second-order valence-corrected chi connectivity index (χ2v) is 9.80. The highest BCUT2D eigenvalue weighted by Gasteiger charge is 2.31. The lowest BCUT2D eigenvalue weighted by atomic mass is 9.78. The van der Waals surface area contributed by atoms with Crippen LogP contribution in [0.1, 0.15) is 49.3 Å². The van der Waals surface area contributed by atoms with Crippen LogP contribution in [-0.4, -0.2) is 44.2 Å². The van der Waals surface area contributed by atoms with Crippen molar-refractivity contribution in [2.75, 3.05) is 38.3 Å². The number of methoxy groups -OCH3 is 1. The first-order chi connectivity index (χ1) is 17.5. The molecule has 2 aliphatic heterocycles. The van der Waals surface area contributed by atoms with Crippen LogP contribution < -0.4 is 19.7 Å². The number of anilines is 1. The zero-order valence-electron chi connectivity index (χ0n) is 21.1. The van der Waals surface area contributed by atoms with Crippen LogP contribution in [0.15, 0.2) is 42.5 Å². The van der Waals surface area contributed by atoms with E-state index in [1.807, 2.05) is 43.3 Å². The van der Waals surface area contributed by atoms with E-state index in [0.717, 1.165) is 54.7 Å². The van der Waals surface area contributed by atoms with Crippen LogP contribution >= 0.6 is 0 Å². The van der Waals surface area contributed by atoms with E-state index in [1.54, 1.807) is 4.90 Å². The fourth-order valence-electron chi connectivity index (χ4n) is 5.66. The Labute approximate surface area is 211 Å². The maximum Gasteiger partial charge on any atom is 0.227 e.